The fourth-order valence-corrected chi connectivity index (χ4v) is 0.429. The van der Waals surface area contributed by atoms with Gasteiger partial charge in [-0.25, -0.2) is 0 Å². The first kappa shape index (κ1) is 8.84. The third-order valence-electron chi connectivity index (χ3n) is 1.08. The topological polar surface area (TPSA) is 80.9 Å². The van der Waals surface area contributed by atoms with E-state index in [0.717, 1.165) is 0 Å². The number of aliphatic hydroxyl groups excluding tert-OH is 4. The predicted octanol–water partition coefficient (Wildman–Crippen LogP) is -1.92. The van der Waals surface area contributed by atoms with Crippen LogP contribution in [-0.4, -0.2) is 45.3 Å². The second-order valence-electron chi connectivity index (χ2n) is 1.98. The summed E-state index contributed by atoms with van der Waals surface area (Å²) < 4.78 is 0. The lowest BCUT2D eigenvalue weighted by molar-refractivity contribution is -0.0698. The Balaban J connectivity index is 3.58. The van der Waals surface area contributed by atoms with Crippen LogP contribution < -0.4 is 0 Å². The van der Waals surface area contributed by atoms with Crippen LogP contribution in [0.15, 0.2) is 0 Å². The molecule has 0 fully saturated rings. The molecule has 0 unspecified atom stereocenters. The van der Waals surface area contributed by atoms with Gasteiger partial charge >= 0.3 is 0 Å². The third-order valence-corrected chi connectivity index (χ3v) is 1.08. The minimum absolute atomic E-state index is 0.536. The Morgan fingerprint density at radius 2 is 1.67 bits per heavy atom. The molecule has 0 aliphatic rings. The standard InChI is InChI=1S/C5H12O4/c1-3(7)5(9)4(8)2-6/h3-9H,2H2,1H3/t3-,4-,5+/m0/s1. The van der Waals surface area contributed by atoms with Crippen LogP contribution >= 0.6 is 0 Å². The van der Waals surface area contributed by atoms with Crippen LogP contribution in [0.4, 0.5) is 0 Å². The van der Waals surface area contributed by atoms with Gasteiger partial charge in [0.1, 0.15) is 12.2 Å². The van der Waals surface area contributed by atoms with Crippen molar-refractivity contribution in [2.75, 3.05) is 6.61 Å². The fourth-order valence-electron chi connectivity index (χ4n) is 0.429. The maximum absolute atomic E-state index is 8.73. The third kappa shape index (κ3) is 2.76. The van der Waals surface area contributed by atoms with Gasteiger partial charge in [0.2, 0.25) is 0 Å². The summed E-state index contributed by atoms with van der Waals surface area (Å²) in [5, 5.41) is 34.2. The van der Waals surface area contributed by atoms with Crippen molar-refractivity contribution in [2.45, 2.75) is 25.2 Å². The van der Waals surface area contributed by atoms with Crippen LogP contribution in [-0.2, 0) is 0 Å². The van der Waals surface area contributed by atoms with Crippen molar-refractivity contribution >= 4 is 0 Å². The first-order chi connectivity index (χ1) is 4.09. The molecule has 0 saturated heterocycles. The second kappa shape index (κ2) is 3.79. The molecule has 0 aliphatic heterocycles. The average molecular weight is 136 g/mol. The molecule has 0 aliphatic carbocycles. The summed E-state index contributed by atoms with van der Waals surface area (Å²) in [4.78, 5) is 0. The number of hydrogen-bond acceptors (Lipinski definition) is 4. The van der Waals surface area contributed by atoms with Gasteiger partial charge in [-0.15, -0.1) is 0 Å². The lowest BCUT2D eigenvalue weighted by atomic mass is 10.1. The van der Waals surface area contributed by atoms with Gasteiger partial charge in [-0.3, -0.25) is 0 Å². The van der Waals surface area contributed by atoms with Crippen LogP contribution in [0.5, 0.6) is 0 Å². The molecule has 4 nitrogen and oxygen atoms in total. The summed E-state index contributed by atoms with van der Waals surface area (Å²) in [6.07, 6.45) is -3.51. The normalized spacial score (nSPS) is 21.0. The number of rotatable bonds is 3. The van der Waals surface area contributed by atoms with Crippen LogP contribution in [0.1, 0.15) is 6.92 Å². The second-order valence-corrected chi connectivity index (χ2v) is 1.98. The summed E-state index contributed by atoms with van der Waals surface area (Å²) in [5.41, 5.74) is 0. The van der Waals surface area contributed by atoms with Crippen molar-refractivity contribution in [3.8, 4) is 0 Å². The van der Waals surface area contributed by atoms with Gasteiger partial charge < -0.3 is 20.4 Å². The van der Waals surface area contributed by atoms with Crippen LogP contribution in [0.2, 0.25) is 0 Å². The fraction of sp³-hybridized carbons (Fsp3) is 1.00. The molecule has 0 saturated carbocycles. The summed E-state index contributed by atoms with van der Waals surface area (Å²) in [6.45, 7) is 0.801. The van der Waals surface area contributed by atoms with Gasteiger partial charge in [0.15, 0.2) is 0 Å². The molecule has 0 spiro atoms. The molecule has 4 heteroatoms. The van der Waals surface area contributed by atoms with Gasteiger partial charge in [0.05, 0.1) is 12.7 Å². The molecular formula is C5H12O4. The van der Waals surface area contributed by atoms with E-state index in [1.807, 2.05) is 0 Å². The van der Waals surface area contributed by atoms with Gasteiger partial charge in [-0.05, 0) is 6.92 Å². The molecule has 0 radical (unpaired) electrons. The van der Waals surface area contributed by atoms with E-state index in [0.29, 0.717) is 0 Å². The van der Waals surface area contributed by atoms with Gasteiger partial charge in [0, 0.05) is 0 Å². The van der Waals surface area contributed by atoms with Crippen molar-refractivity contribution < 1.29 is 20.4 Å². The average Bonchev–Trinajstić information content (AvgIpc) is 1.84. The smallest absolute Gasteiger partial charge is 0.108 e. The zero-order valence-corrected chi connectivity index (χ0v) is 5.23. The lowest BCUT2D eigenvalue weighted by Gasteiger charge is -2.17. The number of hydrogen-bond donors (Lipinski definition) is 4. The van der Waals surface area contributed by atoms with E-state index < -0.39 is 24.9 Å². The Kier molecular flexibility index (Phi) is 3.72. The quantitative estimate of drug-likeness (QED) is 0.364. The first-order valence-electron chi connectivity index (χ1n) is 2.74. The molecule has 0 aromatic carbocycles. The molecule has 3 atom stereocenters. The molecule has 9 heavy (non-hydrogen) atoms. The molecule has 56 valence electrons. The van der Waals surface area contributed by atoms with Crippen LogP contribution in [0, 0.1) is 0 Å². The van der Waals surface area contributed by atoms with E-state index in [1.165, 1.54) is 6.92 Å². The molecule has 0 heterocycles. The van der Waals surface area contributed by atoms with Gasteiger partial charge in [-0.2, -0.15) is 0 Å². The van der Waals surface area contributed by atoms with E-state index in [1.54, 1.807) is 0 Å². The Bertz CT molecular complexity index is 73.4. The first-order valence-corrected chi connectivity index (χ1v) is 2.74. The Morgan fingerprint density at radius 1 is 1.22 bits per heavy atom. The Morgan fingerprint density at radius 3 is 1.78 bits per heavy atom. The van der Waals surface area contributed by atoms with Crippen molar-refractivity contribution in [3.63, 3.8) is 0 Å². The molecular weight excluding hydrogens is 124 g/mol. The van der Waals surface area contributed by atoms with Crippen molar-refractivity contribution in [3.05, 3.63) is 0 Å². The highest BCUT2D eigenvalue weighted by Gasteiger charge is 2.19. The zero-order valence-electron chi connectivity index (χ0n) is 5.23. The minimum Gasteiger partial charge on any atom is -0.394 e. The van der Waals surface area contributed by atoms with E-state index in [2.05, 4.69) is 0 Å². The molecule has 0 aromatic heterocycles. The monoisotopic (exact) mass is 136 g/mol. The van der Waals surface area contributed by atoms with E-state index in [4.69, 9.17) is 20.4 Å². The number of aliphatic hydroxyl groups is 4. The molecule has 0 amide bonds. The lowest BCUT2D eigenvalue weighted by Crippen LogP contribution is -2.37. The largest absolute Gasteiger partial charge is 0.394 e. The molecule has 0 aromatic rings. The maximum atomic E-state index is 8.73. The summed E-state index contributed by atoms with van der Waals surface area (Å²) in [5.74, 6) is 0. The summed E-state index contributed by atoms with van der Waals surface area (Å²) in [6, 6.07) is 0. The Labute approximate surface area is 53.4 Å². The van der Waals surface area contributed by atoms with E-state index >= 15 is 0 Å². The van der Waals surface area contributed by atoms with Crippen molar-refractivity contribution in [1.29, 1.82) is 0 Å². The van der Waals surface area contributed by atoms with E-state index in [-0.39, 0.29) is 0 Å². The summed E-state index contributed by atoms with van der Waals surface area (Å²) in [7, 11) is 0. The van der Waals surface area contributed by atoms with Crippen LogP contribution in [0.25, 0.3) is 0 Å². The van der Waals surface area contributed by atoms with Crippen molar-refractivity contribution in [1.82, 2.24) is 0 Å². The highest BCUT2D eigenvalue weighted by atomic mass is 16.4. The predicted molar refractivity (Wildman–Crippen MR) is 30.8 cm³/mol. The molecule has 0 bridgehead atoms. The maximum Gasteiger partial charge on any atom is 0.108 e. The SMILES string of the molecule is C[C@H](O)[C@@H](O)[C@@H](O)CO. The van der Waals surface area contributed by atoms with Gasteiger partial charge in [-0.1, -0.05) is 0 Å². The van der Waals surface area contributed by atoms with Gasteiger partial charge in [0.25, 0.3) is 0 Å². The van der Waals surface area contributed by atoms with E-state index in [9.17, 15) is 0 Å². The molecule has 0 rings (SSSR count). The van der Waals surface area contributed by atoms with Crippen LogP contribution in [0.3, 0.4) is 0 Å². The zero-order chi connectivity index (χ0) is 7.44. The summed E-state index contributed by atoms with van der Waals surface area (Å²) >= 11 is 0. The minimum atomic E-state index is -1.25. The molecule has 4 N–H and O–H groups in total. The highest BCUT2D eigenvalue weighted by Crippen LogP contribution is 1.97. The van der Waals surface area contributed by atoms with Crippen molar-refractivity contribution in [2.24, 2.45) is 0 Å². The highest BCUT2D eigenvalue weighted by molar-refractivity contribution is 4.70. The Hall–Kier alpha value is -0.160.